The minimum Gasteiger partial charge on any atom is -0.481 e. The maximum atomic E-state index is 12.2. The number of nitrogens with zero attached hydrogens (tertiary/aromatic N) is 1. The second-order valence-corrected chi connectivity index (χ2v) is 6.63. The van der Waals surface area contributed by atoms with Gasteiger partial charge in [0, 0.05) is 22.2 Å². The van der Waals surface area contributed by atoms with Crippen LogP contribution in [0.25, 0.3) is 0 Å². The molecule has 0 aromatic heterocycles. The summed E-state index contributed by atoms with van der Waals surface area (Å²) in [6.07, 6.45) is 2.55. The van der Waals surface area contributed by atoms with Crippen molar-refractivity contribution < 1.29 is 14.7 Å². The maximum absolute atomic E-state index is 12.2. The Morgan fingerprint density at radius 2 is 2.19 bits per heavy atom. The summed E-state index contributed by atoms with van der Waals surface area (Å²) in [5, 5.41) is 12.1. The summed E-state index contributed by atoms with van der Waals surface area (Å²) in [6, 6.07) is 7.69. The Balaban J connectivity index is 1.62. The third-order valence-corrected chi connectivity index (χ3v) is 4.93. The number of carboxylic acids is 1. The van der Waals surface area contributed by atoms with Crippen molar-refractivity contribution in [3.8, 4) is 0 Å². The summed E-state index contributed by atoms with van der Waals surface area (Å²) < 4.78 is 0.910. The summed E-state index contributed by atoms with van der Waals surface area (Å²) in [4.78, 5) is 25.4. The van der Waals surface area contributed by atoms with E-state index in [0.717, 1.165) is 23.0 Å². The first-order chi connectivity index (χ1) is 10.0. The van der Waals surface area contributed by atoms with Crippen LogP contribution in [0.15, 0.2) is 28.7 Å². The summed E-state index contributed by atoms with van der Waals surface area (Å²) in [5.74, 6) is -1.14. The topological polar surface area (TPSA) is 69.6 Å². The molecule has 3 rings (SSSR count). The van der Waals surface area contributed by atoms with Gasteiger partial charge < -0.3 is 10.4 Å². The van der Waals surface area contributed by atoms with Crippen molar-refractivity contribution in [2.24, 2.45) is 5.92 Å². The third-order valence-electron chi connectivity index (χ3n) is 4.43. The fraction of sp³-hybridized carbons (Fsp3) is 0.467. The molecule has 21 heavy (non-hydrogen) atoms. The molecule has 0 aliphatic carbocycles. The highest BCUT2D eigenvalue weighted by Gasteiger charge is 2.49. The number of hydrogen-bond acceptors (Lipinski definition) is 3. The molecule has 2 N–H and O–H groups in total. The van der Waals surface area contributed by atoms with Crippen molar-refractivity contribution in [3.05, 3.63) is 28.7 Å². The van der Waals surface area contributed by atoms with Crippen LogP contribution in [0, 0.1) is 5.92 Å². The lowest BCUT2D eigenvalue weighted by Crippen LogP contribution is -2.38. The van der Waals surface area contributed by atoms with Crippen molar-refractivity contribution in [1.82, 2.24) is 4.90 Å². The Labute approximate surface area is 131 Å². The molecule has 2 heterocycles. The smallest absolute Gasteiger partial charge is 0.308 e. The average molecular weight is 353 g/mol. The number of aliphatic carboxylic acids is 1. The number of carboxylic acid groups (broad SMARTS) is 1. The van der Waals surface area contributed by atoms with E-state index in [1.165, 1.54) is 0 Å². The van der Waals surface area contributed by atoms with E-state index in [0.29, 0.717) is 6.42 Å². The van der Waals surface area contributed by atoms with Crippen LogP contribution in [-0.4, -0.2) is 40.5 Å². The lowest BCUT2D eigenvalue weighted by molar-refractivity contribution is -0.142. The molecule has 1 aromatic rings. The first-order valence-corrected chi connectivity index (χ1v) is 7.88. The predicted molar refractivity (Wildman–Crippen MR) is 82.0 cm³/mol. The highest BCUT2D eigenvalue weighted by atomic mass is 79.9. The van der Waals surface area contributed by atoms with E-state index in [2.05, 4.69) is 26.1 Å². The Morgan fingerprint density at radius 1 is 1.38 bits per heavy atom. The minimum absolute atomic E-state index is 0.0146. The molecule has 1 aromatic carbocycles. The Morgan fingerprint density at radius 3 is 2.86 bits per heavy atom. The number of nitrogens with one attached hydrogen (secondary N) is 1. The minimum atomic E-state index is -0.736. The first-order valence-electron chi connectivity index (χ1n) is 7.08. The van der Waals surface area contributed by atoms with Gasteiger partial charge in [-0.25, -0.2) is 0 Å². The van der Waals surface area contributed by atoms with Crippen LogP contribution in [-0.2, 0) is 9.59 Å². The van der Waals surface area contributed by atoms with E-state index in [9.17, 15) is 14.7 Å². The molecule has 3 unspecified atom stereocenters. The quantitative estimate of drug-likeness (QED) is 0.872. The number of benzene rings is 1. The largest absolute Gasteiger partial charge is 0.481 e. The zero-order valence-corrected chi connectivity index (χ0v) is 13.0. The van der Waals surface area contributed by atoms with Crippen LogP contribution < -0.4 is 5.32 Å². The van der Waals surface area contributed by atoms with E-state index < -0.39 is 5.97 Å². The maximum Gasteiger partial charge on any atom is 0.308 e. The van der Waals surface area contributed by atoms with Gasteiger partial charge >= 0.3 is 5.97 Å². The van der Waals surface area contributed by atoms with E-state index in [1.54, 1.807) is 0 Å². The van der Waals surface area contributed by atoms with Gasteiger partial charge in [-0.3, -0.25) is 14.5 Å². The number of rotatable bonds is 4. The summed E-state index contributed by atoms with van der Waals surface area (Å²) in [5.41, 5.74) is 0.746. The van der Waals surface area contributed by atoms with Crippen molar-refractivity contribution in [2.45, 2.75) is 31.3 Å². The van der Waals surface area contributed by atoms with E-state index in [4.69, 9.17) is 0 Å². The lowest BCUT2D eigenvalue weighted by Gasteiger charge is -2.22. The van der Waals surface area contributed by atoms with Crippen LogP contribution in [0.4, 0.5) is 5.69 Å². The van der Waals surface area contributed by atoms with E-state index in [-0.39, 0.29) is 30.5 Å². The Hall–Kier alpha value is -1.40. The molecular weight excluding hydrogens is 336 g/mol. The fourth-order valence-electron chi connectivity index (χ4n) is 3.55. The summed E-state index contributed by atoms with van der Waals surface area (Å²) in [6.45, 7) is 0.269. The van der Waals surface area contributed by atoms with E-state index in [1.807, 2.05) is 24.3 Å². The number of carbonyl (C=O) groups excluding carboxylic acids is 1. The molecule has 3 atom stereocenters. The van der Waals surface area contributed by atoms with Gasteiger partial charge in [0.05, 0.1) is 12.5 Å². The van der Waals surface area contributed by atoms with Gasteiger partial charge in [-0.15, -0.1) is 0 Å². The molecule has 2 saturated heterocycles. The van der Waals surface area contributed by atoms with Crippen molar-refractivity contribution >= 4 is 33.5 Å². The normalized spacial score (nSPS) is 27.8. The second kappa shape index (κ2) is 5.77. The van der Waals surface area contributed by atoms with Gasteiger partial charge in [0.15, 0.2) is 0 Å². The zero-order valence-electron chi connectivity index (χ0n) is 11.5. The Bertz CT molecular complexity index is 578. The number of amides is 1. The SMILES string of the molecule is O=C(CN1C2CCC1C(C(=O)O)C2)Nc1cccc(Br)c1. The molecule has 2 aliphatic heterocycles. The molecule has 0 saturated carbocycles. The fourth-order valence-corrected chi connectivity index (χ4v) is 3.94. The van der Waals surface area contributed by atoms with Gasteiger partial charge in [0.25, 0.3) is 0 Å². The number of fused-ring (bicyclic) bond motifs is 2. The second-order valence-electron chi connectivity index (χ2n) is 5.71. The average Bonchev–Trinajstić information content (AvgIpc) is 2.96. The third kappa shape index (κ3) is 2.96. The first kappa shape index (κ1) is 14.5. The summed E-state index contributed by atoms with van der Waals surface area (Å²) in [7, 11) is 0. The molecular formula is C15H17BrN2O3. The van der Waals surface area contributed by atoms with Crippen molar-refractivity contribution in [3.63, 3.8) is 0 Å². The van der Waals surface area contributed by atoms with Crippen LogP contribution in [0.5, 0.6) is 0 Å². The molecule has 0 spiro atoms. The molecule has 2 bridgehead atoms. The molecule has 0 radical (unpaired) electrons. The monoisotopic (exact) mass is 352 g/mol. The van der Waals surface area contributed by atoms with E-state index >= 15 is 0 Å². The highest BCUT2D eigenvalue weighted by Crippen LogP contribution is 2.41. The summed E-state index contributed by atoms with van der Waals surface area (Å²) >= 11 is 3.37. The number of carbonyl (C=O) groups is 2. The predicted octanol–water partition coefficient (Wildman–Crippen LogP) is 2.33. The van der Waals surface area contributed by atoms with Crippen LogP contribution >= 0.6 is 15.9 Å². The molecule has 112 valence electrons. The molecule has 2 fully saturated rings. The lowest BCUT2D eigenvalue weighted by atomic mass is 9.89. The van der Waals surface area contributed by atoms with Crippen LogP contribution in [0.3, 0.4) is 0 Å². The van der Waals surface area contributed by atoms with Gasteiger partial charge in [0.2, 0.25) is 5.91 Å². The van der Waals surface area contributed by atoms with Crippen molar-refractivity contribution in [2.75, 3.05) is 11.9 Å². The number of anilines is 1. The zero-order chi connectivity index (χ0) is 15.0. The number of hydrogen-bond donors (Lipinski definition) is 2. The molecule has 5 nitrogen and oxygen atoms in total. The number of halogens is 1. The van der Waals surface area contributed by atoms with Gasteiger partial charge in [0.1, 0.15) is 0 Å². The molecule has 1 amide bonds. The highest BCUT2D eigenvalue weighted by molar-refractivity contribution is 9.10. The van der Waals surface area contributed by atoms with Gasteiger partial charge in [-0.1, -0.05) is 22.0 Å². The Kier molecular flexibility index (Phi) is 3.99. The van der Waals surface area contributed by atoms with Crippen molar-refractivity contribution in [1.29, 1.82) is 0 Å². The standard InChI is InChI=1S/C15H17BrN2O3/c16-9-2-1-3-10(6-9)17-14(19)8-18-11-4-5-13(18)12(7-11)15(20)21/h1-3,6,11-13H,4-5,7-8H2,(H,17,19)(H,20,21). The van der Waals surface area contributed by atoms with Gasteiger partial charge in [-0.2, -0.15) is 0 Å². The van der Waals surface area contributed by atoms with Crippen LogP contribution in [0.1, 0.15) is 19.3 Å². The molecule has 6 heteroatoms. The molecule has 2 aliphatic rings. The van der Waals surface area contributed by atoms with Gasteiger partial charge in [-0.05, 0) is 37.5 Å². The van der Waals surface area contributed by atoms with Crippen LogP contribution in [0.2, 0.25) is 0 Å².